The third-order valence-electron chi connectivity index (χ3n) is 19.2. The van der Waals surface area contributed by atoms with E-state index in [-0.39, 0.29) is 12.5 Å². The van der Waals surface area contributed by atoms with Gasteiger partial charge in [-0.15, -0.1) is 0 Å². The Hall–Kier alpha value is -2.57. The molecule has 9 N–H and O–H groups in total. The average molecular weight is 1340 g/mol. The largest absolute Gasteiger partial charge is 0.394 e. The van der Waals surface area contributed by atoms with Crippen LogP contribution in [0.4, 0.5) is 0 Å². The van der Waals surface area contributed by atoms with Gasteiger partial charge in [0.1, 0.15) is 48.8 Å². The summed E-state index contributed by atoms with van der Waals surface area (Å²) >= 11 is 0. The quantitative estimate of drug-likeness (QED) is 0.0204. The van der Waals surface area contributed by atoms with Crippen LogP contribution in [-0.4, -0.2) is 140 Å². The van der Waals surface area contributed by atoms with Gasteiger partial charge in [0.25, 0.3) is 0 Å². The van der Waals surface area contributed by atoms with Crippen LogP contribution in [0.15, 0.2) is 72.9 Å². The second kappa shape index (κ2) is 64.8. The maximum Gasteiger partial charge on any atom is 0.220 e. The van der Waals surface area contributed by atoms with Crippen LogP contribution >= 0.6 is 0 Å². The summed E-state index contributed by atoms with van der Waals surface area (Å²) in [4.78, 5) is 13.4. The third-order valence-corrected chi connectivity index (χ3v) is 19.2. The van der Waals surface area contributed by atoms with Crippen molar-refractivity contribution in [3.05, 3.63) is 72.9 Å². The molecule has 12 unspecified atom stereocenters. The van der Waals surface area contributed by atoms with Crippen LogP contribution in [0.2, 0.25) is 0 Å². The van der Waals surface area contributed by atoms with Crippen LogP contribution in [0.25, 0.3) is 0 Å². The first kappa shape index (κ1) is 88.5. The molecule has 0 bridgehead atoms. The standard InChI is InChI=1S/C81H147NO13/c1-3-5-7-9-11-13-15-17-19-21-23-25-27-29-31-33-34-35-36-37-39-41-43-45-47-49-51-53-55-57-59-61-63-65-73(86)82-69(68-92-80-78(91)76(89)79(72(67-84)94-80)95-81-77(90)75(88)74(87)71(66-83)93-81)70(85)64-62-60-58-56-54-52-50-48-46-44-42-40-38-32-30-28-26-24-22-20-18-16-14-12-10-8-6-4-2/h5,7,11,13,17,19,23,25,29,31,34-35,69-72,74-81,83-85,87-91H,3-4,6,8-10,12,14-16,18,20-22,24,26-28,30,32-33,36-68H2,1-2H3,(H,82,86)/b7-5-,13-11-,19-17-,25-23-,31-29-,35-34-. The first-order valence-corrected chi connectivity index (χ1v) is 39.7. The molecule has 0 aliphatic carbocycles. The lowest BCUT2D eigenvalue weighted by molar-refractivity contribution is -0.359. The van der Waals surface area contributed by atoms with Crippen molar-refractivity contribution >= 4 is 5.91 Å². The SMILES string of the molecule is CC/C=C\C/C=C\C/C=C\C/C=C\C/C=C\C/C=C\CCCCCCCCCCCCCCCCC(=O)NC(COC1OC(CO)C(OC2OC(CO)C(O)C(O)C2O)C(O)C1O)C(O)CCCCCCCCCCCCCCCCCCCCCCCCCCCCCC. The smallest absolute Gasteiger partial charge is 0.220 e. The summed E-state index contributed by atoms with van der Waals surface area (Å²) in [6.45, 7) is 2.80. The van der Waals surface area contributed by atoms with Crippen molar-refractivity contribution in [1.82, 2.24) is 5.32 Å². The molecule has 2 aliphatic heterocycles. The van der Waals surface area contributed by atoms with Gasteiger partial charge < -0.3 is 65.1 Å². The minimum Gasteiger partial charge on any atom is -0.394 e. The van der Waals surface area contributed by atoms with Crippen molar-refractivity contribution in [2.45, 2.75) is 415 Å². The number of aliphatic hydroxyl groups is 8. The van der Waals surface area contributed by atoms with Crippen LogP contribution < -0.4 is 5.32 Å². The Balaban J connectivity index is 1.62. The summed E-state index contributed by atoms with van der Waals surface area (Å²) in [7, 11) is 0. The predicted molar refractivity (Wildman–Crippen MR) is 392 cm³/mol. The van der Waals surface area contributed by atoms with Gasteiger partial charge in [-0.05, 0) is 64.2 Å². The van der Waals surface area contributed by atoms with Crippen molar-refractivity contribution in [2.75, 3.05) is 19.8 Å². The summed E-state index contributed by atoms with van der Waals surface area (Å²) in [6.07, 6.45) is 72.1. The Bertz CT molecular complexity index is 1870. The first-order valence-electron chi connectivity index (χ1n) is 39.7. The molecule has 2 aliphatic rings. The molecular weight excluding hydrogens is 1190 g/mol. The van der Waals surface area contributed by atoms with Crippen LogP contribution in [0.5, 0.6) is 0 Å². The van der Waals surface area contributed by atoms with Gasteiger partial charge in [0.15, 0.2) is 12.6 Å². The van der Waals surface area contributed by atoms with Gasteiger partial charge in [-0.2, -0.15) is 0 Å². The van der Waals surface area contributed by atoms with Gasteiger partial charge in [-0.1, -0.05) is 344 Å². The lowest BCUT2D eigenvalue weighted by Gasteiger charge is -2.46. The van der Waals surface area contributed by atoms with E-state index in [1.54, 1.807) is 0 Å². The number of carbonyl (C=O) groups is 1. The average Bonchev–Trinajstić information content (AvgIpc) is 0.801. The Morgan fingerprint density at radius 2 is 0.726 bits per heavy atom. The molecule has 0 saturated carbocycles. The van der Waals surface area contributed by atoms with Crippen LogP contribution in [0.3, 0.4) is 0 Å². The highest BCUT2D eigenvalue weighted by molar-refractivity contribution is 5.76. The van der Waals surface area contributed by atoms with Crippen molar-refractivity contribution in [3.8, 4) is 0 Å². The molecular formula is C81H147NO13. The van der Waals surface area contributed by atoms with Gasteiger partial charge in [-0.3, -0.25) is 4.79 Å². The van der Waals surface area contributed by atoms with E-state index >= 15 is 0 Å². The van der Waals surface area contributed by atoms with Gasteiger partial charge in [0, 0.05) is 6.42 Å². The maximum absolute atomic E-state index is 13.4. The van der Waals surface area contributed by atoms with Gasteiger partial charge in [-0.25, -0.2) is 0 Å². The molecule has 2 heterocycles. The minimum absolute atomic E-state index is 0.204. The topological polar surface area (TPSA) is 228 Å². The molecule has 2 saturated heterocycles. The van der Waals surface area contributed by atoms with E-state index < -0.39 is 86.8 Å². The lowest BCUT2D eigenvalue weighted by Crippen LogP contribution is -2.65. The van der Waals surface area contributed by atoms with Crippen LogP contribution in [0.1, 0.15) is 341 Å². The number of ether oxygens (including phenoxy) is 4. The molecule has 1 amide bonds. The fourth-order valence-electron chi connectivity index (χ4n) is 13.0. The number of amides is 1. The maximum atomic E-state index is 13.4. The van der Waals surface area contributed by atoms with Gasteiger partial charge in [0.2, 0.25) is 5.91 Å². The number of hydrogen-bond donors (Lipinski definition) is 9. The van der Waals surface area contributed by atoms with E-state index in [9.17, 15) is 45.6 Å². The van der Waals surface area contributed by atoms with E-state index in [2.05, 4.69) is 92.1 Å². The molecule has 0 radical (unpaired) electrons. The molecule has 554 valence electrons. The highest BCUT2D eigenvalue weighted by atomic mass is 16.7. The lowest BCUT2D eigenvalue weighted by atomic mass is 9.97. The van der Waals surface area contributed by atoms with Crippen LogP contribution in [-0.2, 0) is 23.7 Å². The molecule has 2 fully saturated rings. The van der Waals surface area contributed by atoms with E-state index in [0.717, 1.165) is 89.9 Å². The number of aliphatic hydroxyl groups excluding tert-OH is 8. The normalized spacial score (nSPS) is 22.7. The second-order valence-electron chi connectivity index (χ2n) is 27.8. The highest BCUT2D eigenvalue weighted by Gasteiger charge is 2.51. The molecule has 0 spiro atoms. The molecule has 14 heteroatoms. The van der Waals surface area contributed by atoms with E-state index in [0.29, 0.717) is 12.8 Å². The highest BCUT2D eigenvalue weighted by Crippen LogP contribution is 2.30. The van der Waals surface area contributed by atoms with Crippen molar-refractivity contribution < 1.29 is 64.6 Å². The zero-order valence-electron chi connectivity index (χ0n) is 60.7. The Morgan fingerprint density at radius 1 is 0.389 bits per heavy atom. The predicted octanol–water partition coefficient (Wildman–Crippen LogP) is 17.7. The first-order chi connectivity index (χ1) is 46.6. The summed E-state index contributed by atoms with van der Waals surface area (Å²) in [6, 6.07) is -0.834. The monoisotopic (exact) mass is 1340 g/mol. The Labute approximate surface area is 580 Å². The van der Waals surface area contributed by atoms with Crippen LogP contribution in [0, 0.1) is 0 Å². The molecule has 12 atom stereocenters. The Kier molecular flexibility index (Phi) is 60.4. The van der Waals surface area contributed by atoms with Crippen molar-refractivity contribution in [2.24, 2.45) is 0 Å². The second-order valence-corrected chi connectivity index (χ2v) is 27.8. The number of nitrogens with one attached hydrogen (secondary N) is 1. The zero-order chi connectivity index (χ0) is 68.7. The fraction of sp³-hybridized carbons (Fsp3) is 0.840. The van der Waals surface area contributed by atoms with E-state index in [1.165, 1.54) is 225 Å². The molecule has 0 aromatic heterocycles. The zero-order valence-corrected chi connectivity index (χ0v) is 60.7. The summed E-state index contributed by atoms with van der Waals surface area (Å²) in [5.41, 5.74) is 0. The van der Waals surface area contributed by atoms with Crippen molar-refractivity contribution in [3.63, 3.8) is 0 Å². The van der Waals surface area contributed by atoms with Gasteiger partial charge >= 0.3 is 0 Å². The molecule has 0 aromatic carbocycles. The number of rotatable bonds is 66. The molecule has 0 aromatic rings. The molecule has 14 nitrogen and oxygen atoms in total. The Morgan fingerprint density at radius 3 is 1.12 bits per heavy atom. The number of hydrogen-bond acceptors (Lipinski definition) is 13. The summed E-state index contributed by atoms with van der Waals surface area (Å²) in [5.74, 6) is -0.204. The summed E-state index contributed by atoms with van der Waals surface area (Å²) < 4.78 is 23.0. The van der Waals surface area contributed by atoms with Gasteiger partial charge in [0.05, 0.1) is 32.0 Å². The number of allylic oxidation sites excluding steroid dienone is 12. The summed E-state index contributed by atoms with van der Waals surface area (Å²) in [5, 5.41) is 87.9. The third kappa shape index (κ3) is 48.0. The number of carbonyl (C=O) groups excluding carboxylic acids is 1. The number of unbranched alkanes of at least 4 members (excludes halogenated alkanes) is 41. The minimum atomic E-state index is -1.79. The van der Waals surface area contributed by atoms with E-state index in [4.69, 9.17) is 18.9 Å². The molecule has 2 rings (SSSR count). The van der Waals surface area contributed by atoms with E-state index in [1.807, 2.05) is 0 Å². The fourth-order valence-corrected chi connectivity index (χ4v) is 13.0. The molecule has 95 heavy (non-hydrogen) atoms. The van der Waals surface area contributed by atoms with Crippen molar-refractivity contribution in [1.29, 1.82) is 0 Å².